The maximum Gasteiger partial charge on any atom is 0.332 e. The first-order valence-corrected chi connectivity index (χ1v) is 6.95. The molecule has 0 aliphatic carbocycles. The molecule has 6 heteroatoms. The quantitative estimate of drug-likeness (QED) is 0.746. The van der Waals surface area contributed by atoms with Crippen LogP contribution in [0.15, 0.2) is 18.2 Å². The van der Waals surface area contributed by atoms with Crippen molar-refractivity contribution in [2.24, 2.45) is 0 Å². The Morgan fingerprint density at radius 2 is 1.95 bits per heavy atom. The Morgan fingerprint density at radius 3 is 2.68 bits per heavy atom. The monoisotopic (exact) mass is 298 g/mol. The molecule has 3 amide bonds. The van der Waals surface area contributed by atoms with E-state index in [4.69, 9.17) is 23.2 Å². The van der Waals surface area contributed by atoms with Crippen LogP contribution in [0.5, 0.6) is 0 Å². The zero-order valence-corrected chi connectivity index (χ0v) is 11.6. The fourth-order valence-corrected chi connectivity index (χ4v) is 3.04. The molecule has 2 saturated heterocycles. The highest BCUT2D eigenvalue weighted by Crippen LogP contribution is 2.35. The third kappa shape index (κ3) is 1.99. The number of piperidine rings is 1. The van der Waals surface area contributed by atoms with Crippen LogP contribution in [-0.4, -0.2) is 29.4 Å². The van der Waals surface area contributed by atoms with E-state index in [1.165, 1.54) is 0 Å². The number of imide groups is 1. The van der Waals surface area contributed by atoms with E-state index < -0.39 is 0 Å². The van der Waals surface area contributed by atoms with E-state index in [0.717, 1.165) is 24.2 Å². The van der Waals surface area contributed by atoms with E-state index in [1.807, 2.05) is 0 Å². The molecular formula is C13H12Cl2N2O2. The SMILES string of the molecule is O=C1C2CCCCN2C(=O)N1c1cc(Cl)ccc1Cl. The Morgan fingerprint density at radius 1 is 1.16 bits per heavy atom. The molecule has 2 aliphatic heterocycles. The van der Waals surface area contributed by atoms with Crippen molar-refractivity contribution in [3.05, 3.63) is 28.2 Å². The van der Waals surface area contributed by atoms with E-state index in [-0.39, 0.29) is 18.0 Å². The molecule has 2 heterocycles. The van der Waals surface area contributed by atoms with Crippen molar-refractivity contribution in [1.82, 2.24) is 4.90 Å². The molecule has 0 saturated carbocycles. The van der Waals surface area contributed by atoms with Gasteiger partial charge in [0.15, 0.2) is 0 Å². The van der Waals surface area contributed by atoms with Crippen LogP contribution in [0.25, 0.3) is 0 Å². The van der Waals surface area contributed by atoms with Crippen molar-refractivity contribution < 1.29 is 9.59 Å². The summed E-state index contributed by atoms with van der Waals surface area (Å²) in [5.41, 5.74) is 0.374. The van der Waals surface area contributed by atoms with Gasteiger partial charge in [0.1, 0.15) is 6.04 Å². The Bertz CT molecular complexity index is 538. The van der Waals surface area contributed by atoms with Gasteiger partial charge in [-0.25, -0.2) is 9.69 Å². The van der Waals surface area contributed by atoms with Crippen LogP contribution in [0, 0.1) is 0 Å². The van der Waals surface area contributed by atoms with Crippen LogP contribution < -0.4 is 4.90 Å². The van der Waals surface area contributed by atoms with Gasteiger partial charge in [-0.3, -0.25) is 4.79 Å². The Kier molecular flexibility index (Phi) is 3.15. The number of amides is 3. The number of fused-ring (bicyclic) bond motifs is 1. The Labute approximate surface area is 120 Å². The fraction of sp³-hybridized carbons (Fsp3) is 0.385. The van der Waals surface area contributed by atoms with Crippen molar-refractivity contribution in [3.63, 3.8) is 0 Å². The molecule has 1 unspecified atom stereocenters. The lowest BCUT2D eigenvalue weighted by atomic mass is 10.0. The Balaban J connectivity index is 2.03. The molecule has 3 rings (SSSR count). The molecule has 100 valence electrons. The number of hydrogen-bond acceptors (Lipinski definition) is 2. The number of carbonyl (C=O) groups is 2. The largest absolute Gasteiger partial charge is 0.332 e. The molecule has 1 aromatic carbocycles. The summed E-state index contributed by atoms with van der Waals surface area (Å²) in [5.74, 6) is -0.200. The van der Waals surface area contributed by atoms with Gasteiger partial charge < -0.3 is 4.90 Å². The number of carbonyl (C=O) groups excluding carboxylic acids is 2. The molecule has 0 bridgehead atoms. The first-order valence-electron chi connectivity index (χ1n) is 6.19. The van der Waals surface area contributed by atoms with Gasteiger partial charge in [0.2, 0.25) is 0 Å². The molecule has 19 heavy (non-hydrogen) atoms. The number of rotatable bonds is 1. The maximum atomic E-state index is 12.4. The van der Waals surface area contributed by atoms with Crippen LogP contribution in [-0.2, 0) is 4.79 Å². The standard InChI is InChI=1S/C13H12Cl2N2O2/c14-8-4-5-9(15)11(7-8)17-12(18)10-3-1-2-6-16(10)13(17)19/h4-5,7,10H,1-3,6H2. The molecule has 0 spiro atoms. The molecule has 4 nitrogen and oxygen atoms in total. The molecular weight excluding hydrogens is 287 g/mol. The van der Waals surface area contributed by atoms with Crippen LogP contribution in [0.2, 0.25) is 10.0 Å². The van der Waals surface area contributed by atoms with E-state index in [9.17, 15) is 9.59 Å². The lowest BCUT2D eigenvalue weighted by Gasteiger charge is -2.25. The van der Waals surface area contributed by atoms with Gasteiger partial charge >= 0.3 is 6.03 Å². The van der Waals surface area contributed by atoms with E-state index >= 15 is 0 Å². The molecule has 0 N–H and O–H groups in total. The van der Waals surface area contributed by atoms with Crippen molar-refractivity contribution in [2.45, 2.75) is 25.3 Å². The maximum absolute atomic E-state index is 12.4. The zero-order valence-electron chi connectivity index (χ0n) is 10.1. The summed E-state index contributed by atoms with van der Waals surface area (Å²) in [6, 6.07) is 4.15. The first kappa shape index (κ1) is 12.8. The lowest BCUT2D eigenvalue weighted by Crippen LogP contribution is -2.39. The second kappa shape index (κ2) is 4.69. The fourth-order valence-electron chi connectivity index (χ4n) is 2.67. The third-order valence-electron chi connectivity index (χ3n) is 3.59. The minimum Gasteiger partial charge on any atom is -0.312 e. The number of benzene rings is 1. The van der Waals surface area contributed by atoms with Gasteiger partial charge in [-0.15, -0.1) is 0 Å². The molecule has 0 radical (unpaired) electrons. The summed E-state index contributed by atoms with van der Waals surface area (Å²) in [6.07, 6.45) is 2.63. The van der Waals surface area contributed by atoms with Crippen LogP contribution in [0.1, 0.15) is 19.3 Å². The third-order valence-corrected chi connectivity index (χ3v) is 4.15. The van der Waals surface area contributed by atoms with Gasteiger partial charge in [0, 0.05) is 11.6 Å². The number of nitrogens with zero attached hydrogens (tertiary/aromatic N) is 2. The average molecular weight is 299 g/mol. The molecule has 0 aromatic heterocycles. The van der Waals surface area contributed by atoms with Gasteiger partial charge in [0.25, 0.3) is 5.91 Å². The van der Waals surface area contributed by atoms with Crippen LogP contribution >= 0.6 is 23.2 Å². The lowest BCUT2D eigenvalue weighted by molar-refractivity contribution is -0.120. The van der Waals surface area contributed by atoms with Crippen molar-refractivity contribution >= 4 is 40.8 Å². The van der Waals surface area contributed by atoms with Crippen LogP contribution in [0.3, 0.4) is 0 Å². The zero-order chi connectivity index (χ0) is 13.6. The highest BCUT2D eigenvalue weighted by Gasteiger charge is 2.47. The smallest absolute Gasteiger partial charge is 0.312 e. The number of anilines is 1. The van der Waals surface area contributed by atoms with Gasteiger partial charge in [-0.05, 0) is 37.5 Å². The van der Waals surface area contributed by atoms with Crippen molar-refractivity contribution in [2.75, 3.05) is 11.4 Å². The second-order valence-electron chi connectivity index (χ2n) is 4.76. The summed E-state index contributed by atoms with van der Waals surface area (Å²) >= 11 is 12.0. The predicted molar refractivity (Wildman–Crippen MR) is 73.7 cm³/mol. The highest BCUT2D eigenvalue weighted by atomic mass is 35.5. The summed E-state index contributed by atoms with van der Waals surface area (Å²) in [6.45, 7) is 0.629. The van der Waals surface area contributed by atoms with E-state index in [0.29, 0.717) is 22.3 Å². The summed E-state index contributed by atoms with van der Waals surface area (Å²) in [4.78, 5) is 27.5. The number of hydrogen-bond donors (Lipinski definition) is 0. The highest BCUT2D eigenvalue weighted by molar-refractivity contribution is 6.37. The van der Waals surface area contributed by atoms with Crippen LogP contribution in [0.4, 0.5) is 10.5 Å². The van der Waals surface area contributed by atoms with Gasteiger partial charge in [0.05, 0.1) is 10.7 Å². The minimum absolute atomic E-state index is 0.200. The van der Waals surface area contributed by atoms with Gasteiger partial charge in [-0.2, -0.15) is 0 Å². The second-order valence-corrected chi connectivity index (χ2v) is 5.60. The number of urea groups is 1. The summed E-state index contributed by atoms with van der Waals surface area (Å²) in [7, 11) is 0. The molecule has 1 aromatic rings. The normalized spacial score (nSPS) is 22.9. The van der Waals surface area contributed by atoms with E-state index in [1.54, 1.807) is 23.1 Å². The molecule has 2 aliphatic rings. The summed E-state index contributed by atoms with van der Waals surface area (Å²) < 4.78 is 0. The number of halogens is 2. The average Bonchev–Trinajstić information content (AvgIpc) is 2.66. The molecule has 1 atom stereocenters. The van der Waals surface area contributed by atoms with E-state index in [2.05, 4.69) is 0 Å². The van der Waals surface area contributed by atoms with Gasteiger partial charge in [-0.1, -0.05) is 23.2 Å². The van der Waals surface area contributed by atoms with Crippen molar-refractivity contribution in [3.8, 4) is 0 Å². The summed E-state index contributed by atoms with van der Waals surface area (Å²) in [5, 5.41) is 0.802. The topological polar surface area (TPSA) is 40.6 Å². The molecule has 2 fully saturated rings. The predicted octanol–water partition coefficient (Wildman–Crippen LogP) is 3.31. The first-order chi connectivity index (χ1) is 9.09. The minimum atomic E-state index is -0.337. The Hall–Kier alpha value is -1.26. The van der Waals surface area contributed by atoms with Crippen molar-refractivity contribution in [1.29, 1.82) is 0 Å².